The third kappa shape index (κ3) is 5.23. The number of morpholine rings is 1. The van der Waals surface area contributed by atoms with Crippen LogP contribution < -0.4 is 10.2 Å². The van der Waals surface area contributed by atoms with Crippen molar-refractivity contribution in [1.29, 1.82) is 0 Å². The Morgan fingerprint density at radius 2 is 1.89 bits per heavy atom. The van der Waals surface area contributed by atoms with Crippen molar-refractivity contribution in [2.75, 3.05) is 31.2 Å². The fourth-order valence-electron chi connectivity index (χ4n) is 2.88. The number of hydrogen-bond acceptors (Lipinski definition) is 6. The van der Waals surface area contributed by atoms with E-state index in [0.29, 0.717) is 19.8 Å². The summed E-state index contributed by atoms with van der Waals surface area (Å²) < 4.78 is 7.56. The molecule has 146 valence electrons. The average Bonchev–Trinajstić information content (AvgIpc) is 3.05. The second-order valence-corrected chi connectivity index (χ2v) is 8.19. The normalized spacial score (nSPS) is 15.8. The van der Waals surface area contributed by atoms with Crippen LogP contribution in [-0.4, -0.2) is 58.3 Å². The molecule has 1 atom stereocenters. The van der Waals surface area contributed by atoms with E-state index in [1.165, 1.54) is 17.3 Å². The zero-order valence-electron chi connectivity index (χ0n) is 16.1. The van der Waals surface area contributed by atoms with E-state index in [1.54, 1.807) is 0 Å². The molecular weight excluding hydrogens is 362 g/mol. The van der Waals surface area contributed by atoms with E-state index < -0.39 is 0 Å². The van der Waals surface area contributed by atoms with Crippen LogP contribution in [0.4, 0.5) is 5.95 Å². The number of aromatic nitrogens is 3. The fraction of sp³-hybridized carbons (Fsp3) is 0.526. The average molecular weight is 390 g/mol. The molecule has 7 nitrogen and oxygen atoms in total. The van der Waals surface area contributed by atoms with Gasteiger partial charge in [-0.15, -0.1) is 10.2 Å². The van der Waals surface area contributed by atoms with Crippen molar-refractivity contribution in [2.24, 2.45) is 0 Å². The van der Waals surface area contributed by atoms with Crippen LogP contribution >= 0.6 is 11.8 Å². The number of benzene rings is 1. The smallest absolute Gasteiger partial charge is 0.233 e. The van der Waals surface area contributed by atoms with Crippen LogP contribution in [0.2, 0.25) is 0 Å². The summed E-state index contributed by atoms with van der Waals surface area (Å²) in [4.78, 5) is 14.5. The third-order valence-electron chi connectivity index (χ3n) is 4.26. The zero-order valence-corrected chi connectivity index (χ0v) is 16.9. The Kier molecular flexibility index (Phi) is 6.73. The van der Waals surface area contributed by atoms with E-state index >= 15 is 0 Å². The standard InChI is InChI=1S/C19H27N5O2S/c1-14(2)20-17(25)15(3)27-19-22-21-18(23-9-11-26-12-10-23)24(19)13-16-7-5-4-6-8-16/h4-8,14-15H,9-13H2,1-3H3,(H,20,25)/t15-/m1/s1. The molecule has 0 saturated carbocycles. The Morgan fingerprint density at radius 1 is 1.19 bits per heavy atom. The van der Waals surface area contributed by atoms with Crippen LogP contribution in [0.1, 0.15) is 26.3 Å². The van der Waals surface area contributed by atoms with Gasteiger partial charge in [-0.05, 0) is 26.3 Å². The summed E-state index contributed by atoms with van der Waals surface area (Å²) in [6.45, 7) is 9.46. The number of amides is 1. The number of carbonyl (C=O) groups is 1. The van der Waals surface area contributed by atoms with E-state index in [4.69, 9.17) is 4.74 Å². The molecule has 1 aromatic carbocycles. The van der Waals surface area contributed by atoms with Crippen molar-refractivity contribution in [3.63, 3.8) is 0 Å². The molecule has 1 amide bonds. The second-order valence-electron chi connectivity index (χ2n) is 6.88. The van der Waals surface area contributed by atoms with E-state index in [9.17, 15) is 4.79 Å². The summed E-state index contributed by atoms with van der Waals surface area (Å²) in [5, 5.41) is 12.3. The lowest BCUT2D eigenvalue weighted by Gasteiger charge is -2.28. The Morgan fingerprint density at radius 3 is 2.56 bits per heavy atom. The third-order valence-corrected chi connectivity index (χ3v) is 5.34. The van der Waals surface area contributed by atoms with Crippen LogP contribution in [0.3, 0.4) is 0 Å². The number of nitrogens with one attached hydrogen (secondary N) is 1. The van der Waals surface area contributed by atoms with Gasteiger partial charge in [-0.3, -0.25) is 9.36 Å². The predicted molar refractivity (Wildman–Crippen MR) is 107 cm³/mol. The van der Waals surface area contributed by atoms with Gasteiger partial charge in [-0.25, -0.2) is 0 Å². The van der Waals surface area contributed by atoms with Gasteiger partial charge in [0.2, 0.25) is 11.9 Å². The summed E-state index contributed by atoms with van der Waals surface area (Å²) in [6.07, 6.45) is 0. The van der Waals surface area contributed by atoms with Gasteiger partial charge in [0.1, 0.15) is 0 Å². The number of ether oxygens (including phenoxy) is 1. The molecule has 8 heteroatoms. The molecule has 0 spiro atoms. The van der Waals surface area contributed by atoms with Crippen molar-refractivity contribution in [3.8, 4) is 0 Å². The number of thioether (sulfide) groups is 1. The molecule has 0 radical (unpaired) electrons. The Hall–Kier alpha value is -2.06. The maximum atomic E-state index is 12.3. The molecule has 0 bridgehead atoms. The number of nitrogens with zero attached hydrogens (tertiary/aromatic N) is 4. The van der Waals surface area contributed by atoms with Crippen molar-refractivity contribution >= 4 is 23.6 Å². The largest absolute Gasteiger partial charge is 0.378 e. The quantitative estimate of drug-likeness (QED) is 0.732. The van der Waals surface area contributed by atoms with Gasteiger partial charge in [0.15, 0.2) is 5.16 Å². The van der Waals surface area contributed by atoms with Crippen molar-refractivity contribution in [1.82, 2.24) is 20.1 Å². The molecule has 1 aliphatic rings. The molecule has 0 aliphatic carbocycles. The lowest BCUT2D eigenvalue weighted by atomic mass is 10.2. The molecule has 2 heterocycles. The van der Waals surface area contributed by atoms with Crippen LogP contribution in [-0.2, 0) is 16.1 Å². The lowest BCUT2D eigenvalue weighted by Crippen LogP contribution is -2.38. The van der Waals surface area contributed by atoms with Crippen molar-refractivity contribution < 1.29 is 9.53 Å². The molecule has 1 N–H and O–H groups in total. The Bertz CT molecular complexity index is 744. The summed E-state index contributed by atoms with van der Waals surface area (Å²) >= 11 is 1.44. The van der Waals surface area contributed by atoms with E-state index in [0.717, 1.165) is 24.2 Å². The molecule has 1 aromatic heterocycles. The van der Waals surface area contributed by atoms with Gasteiger partial charge in [0.25, 0.3) is 0 Å². The van der Waals surface area contributed by atoms with Crippen LogP contribution in [0.5, 0.6) is 0 Å². The summed E-state index contributed by atoms with van der Waals surface area (Å²) in [5.41, 5.74) is 1.17. The first-order chi connectivity index (χ1) is 13.0. The first-order valence-corrected chi connectivity index (χ1v) is 10.2. The zero-order chi connectivity index (χ0) is 19.2. The predicted octanol–water partition coefficient (Wildman–Crippen LogP) is 2.17. The maximum Gasteiger partial charge on any atom is 0.233 e. The molecule has 1 fully saturated rings. The second kappa shape index (κ2) is 9.23. The van der Waals surface area contributed by atoms with E-state index in [1.807, 2.05) is 39.0 Å². The highest BCUT2D eigenvalue weighted by atomic mass is 32.2. The number of rotatable bonds is 7. The summed E-state index contributed by atoms with van der Waals surface area (Å²) in [7, 11) is 0. The minimum absolute atomic E-state index is 0.0113. The van der Waals surface area contributed by atoms with Gasteiger partial charge in [-0.1, -0.05) is 42.1 Å². The summed E-state index contributed by atoms with van der Waals surface area (Å²) in [5.74, 6) is 0.846. The molecule has 0 unspecified atom stereocenters. The van der Waals surface area contributed by atoms with Crippen LogP contribution in [0.15, 0.2) is 35.5 Å². The minimum Gasteiger partial charge on any atom is -0.378 e. The van der Waals surface area contributed by atoms with Crippen LogP contribution in [0.25, 0.3) is 0 Å². The highest BCUT2D eigenvalue weighted by Crippen LogP contribution is 2.27. The molecule has 2 aromatic rings. The van der Waals surface area contributed by atoms with Crippen molar-refractivity contribution in [3.05, 3.63) is 35.9 Å². The van der Waals surface area contributed by atoms with Crippen molar-refractivity contribution in [2.45, 2.75) is 43.8 Å². The maximum absolute atomic E-state index is 12.3. The lowest BCUT2D eigenvalue weighted by molar-refractivity contribution is -0.120. The van der Waals surface area contributed by atoms with Crippen LogP contribution in [0, 0.1) is 0 Å². The highest BCUT2D eigenvalue weighted by Gasteiger charge is 2.24. The first-order valence-electron chi connectivity index (χ1n) is 9.31. The minimum atomic E-state index is -0.247. The first kappa shape index (κ1) is 19.7. The van der Waals surface area contributed by atoms with E-state index in [2.05, 4.69) is 37.1 Å². The molecule has 1 saturated heterocycles. The fourth-order valence-corrected chi connectivity index (χ4v) is 3.74. The van der Waals surface area contributed by atoms with Gasteiger partial charge < -0.3 is 15.0 Å². The monoisotopic (exact) mass is 389 g/mol. The number of anilines is 1. The Balaban J connectivity index is 1.84. The topological polar surface area (TPSA) is 72.3 Å². The molecule has 27 heavy (non-hydrogen) atoms. The SMILES string of the molecule is CC(C)NC(=O)[C@@H](C)Sc1nnc(N2CCOCC2)n1Cc1ccccc1. The highest BCUT2D eigenvalue weighted by molar-refractivity contribution is 8.00. The summed E-state index contributed by atoms with van der Waals surface area (Å²) in [6, 6.07) is 10.4. The molecular formula is C19H27N5O2S. The number of hydrogen-bond donors (Lipinski definition) is 1. The molecule has 1 aliphatic heterocycles. The van der Waals surface area contributed by atoms with Gasteiger partial charge in [0.05, 0.1) is 25.0 Å². The van der Waals surface area contributed by atoms with Gasteiger partial charge in [0, 0.05) is 19.1 Å². The van der Waals surface area contributed by atoms with E-state index in [-0.39, 0.29) is 17.2 Å². The molecule has 3 rings (SSSR count). The van der Waals surface area contributed by atoms with Gasteiger partial charge >= 0.3 is 0 Å². The van der Waals surface area contributed by atoms with Gasteiger partial charge in [-0.2, -0.15) is 0 Å². The Labute approximate surface area is 164 Å². The number of carbonyl (C=O) groups excluding carboxylic acids is 1.